The highest BCUT2D eigenvalue weighted by molar-refractivity contribution is 5.90. The van der Waals surface area contributed by atoms with Gasteiger partial charge in [0, 0.05) is 17.2 Å². The Balaban J connectivity index is 1.89. The Hall–Kier alpha value is -2.88. The van der Waals surface area contributed by atoms with Crippen molar-refractivity contribution < 1.29 is 14.1 Å². The maximum Gasteiger partial charge on any atom is 0.365 e. The van der Waals surface area contributed by atoms with Crippen LogP contribution in [-0.4, -0.2) is 11.1 Å². The van der Waals surface area contributed by atoms with Gasteiger partial charge in [0.05, 0.1) is 0 Å². The minimum atomic E-state index is -0.523. The number of rotatable bonds is 3. The van der Waals surface area contributed by atoms with Crippen molar-refractivity contribution in [1.82, 2.24) is 5.16 Å². The largest absolute Gasteiger partial charge is 0.421 e. The van der Waals surface area contributed by atoms with E-state index in [0.29, 0.717) is 11.5 Å². The maximum atomic E-state index is 12.6. The molecule has 0 saturated carbocycles. The van der Waals surface area contributed by atoms with E-state index in [1.807, 2.05) is 57.2 Å². The lowest BCUT2D eigenvalue weighted by Gasteiger charge is -2.22. The van der Waals surface area contributed by atoms with E-state index in [1.54, 1.807) is 6.07 Å². The van der Waals surface area contributed by atoms with Gasteiger partial charge in [0.15, 0.2) is 11.5 Å². The Kier molecular flexibility index (Phi) is 4.92. The highest BCUT2D eigenvalue weighted by Gasteiger charge is 2.23. The molecule has 27 heavy (non-hydrogen) atoms. The molecule has 0 atom stereocenters. The number of hydrogen-bond acceptors (Lipinski definition) is 4. The van der Waals surface area contributed by atoms with Gasteiger partial charge in [-0.1, -0.05) is 61.3 Å². The predicted molar refractivity (Wildman–Crippen MR) is 106 cm³/mol. The summed E-state index contributed by atoms with van der Waals surface area (Å²) in [6.07, 6.45) is 0. The number of aromatic nitrogens is 1. The molecule has 3 rings (SSSR count). The van der Waals surface area contributed by atoms with E-state index >= 15 is 0 Å². The Bertz CT molecular complexity index is 993. The number of benzene rings is 2. The van der Waals surface area contributed by atoms with Crippen LogP contribution in [0.1, 0.15) is 53.5 Å². The van der Waals surface area contributed by atoms with E-state index in [9.17, 15) is 4.79 Å². The number of carbonyl (C=O) groups excluding carboxylic acids is 1. The highest BCUT2D eigenvalue weighted by atomic mass is 16.5. The first kappa shape index (κ1) is 18.9. The molecule has 0 bridgehead atoms. The minimum absolute atomic E-state index is 0.144. The lowest BCUT2D eigenvalue weighted by molar-refractivity contribution is 0.0721. The first-order chi connectivity index (χ1) is 12.6. The summed E-state index contributed by atoms with van der Waals surface area (Å²) in [5, 5.41) is 3.92. The molecule has 4 nitrogen and oxygen atoms in total. The third kappa shape index (κ3) is 4.11. The first-order valence-corrected chi connectivity index (χ1v) is 9.03. The third-order valence-electron chi connectivity index (χ3n) is 4.52. The fourth-order valence-electron chi connectivity index (χ4n) is 2.97. The first-order valence-electron chi connectivity index (χ1n) is 9.03. The third-order valence-corrected chi connectivity index (χ3v) is 4.52. The summed E-state index contributed by atoms with van der Waals surface area (Å²) >= 11 is 0. The summed E-state index contributed by atoms with van der Waals surface area (Å²) in [6, 6.07) is 13.5. The smallest absolute Gasteiger partial charge is 0.365 e. The summed E-state index contributed by atoms with van der Waals surface area (Å²) in [5.74, 6) is 0.585. The molecule has 2 aromatic carbocycles. The average molecular weight is 363 g/mol. The summed E-state index contributed by atoms with van der Waals surface area (Å²) in [4.78, 5) is 12.6. The van der Waals surface area contributed by atoms with Crippen LogP contribution in [-0.2, 0) is 5.41 Å². The van der Waals surface area contributed by atoms with Crippen LogP contribution in [0.15, 0.2) is 47.0 Å². The van der Waals surface area contributed by atoms with E-state index in [2.05, 4.69) is 25.9 Å². The monoisotopic (exact) mass is 363 g/mol. The molecule has 0 unspecified atom stereocenters. The van der Waals surface area contributed by atoms with Crippen molar-refractivity contribution in [3.05, 3.63) is 70.4 Å². The van der Waals surface area contributed by atoms with Crippen molar-refractivity contribution in [3.8, 4) is 17.1 Å². The highest BCUT2D eigenvalue weighted by Crippen LogP contribution is 2.33. The molecule has 0 radical (unpaired) electrons. The summed E-state index contributed by atoms with van der Waals surface area (Å²) in [6.45, 7) is 12.3. The van der Waals surface area contributed by atoms with Crippen molar-refractivity contribution >= 4 is 5.97 Å². The second-order valence-electron chi connectivity index (χ2n) is 8.03. The van der Waals surface area contributed by atoms with Crippen LogP contribution in [0.25, 0.3) is 11.3 Å². The number of ether oxygens (including phenoxy) is 1. The normalized spacial score (nSPS) is 11.5. The van der Waals surface area contributed by atoms with Gasteiger partial charge in [-0.15, -0.1) is 0 Å². The topological polar surface area (TPSA) is 52.3 Å². The Labute approximate surface area is 160 Å². The molecule has 3 aromatic rings. The fourth-order valence-corrected chi connectivity index (χ4v) is 2.97. The van der Waals surface area contributed by atoms with Gasteiger partial charge in [0.25, 0.3) is 0 Å². The quantitative estimate of drug-likeness (QED) is 0.437. The molecule has 0 amide bonds. The lowest BCUT2D eigenvalue weighted by Crippen LogP contribution is -2.17. The molecule has 0 aliphatic heterocycles. The SMILES string of the molecule is Cc1ccc(C)c(-c2cc(C(=O)Oc3ccc(C)cc3C(C)(C)C)no2)c1. The molecule has 0 spiro atoms. The number of esters is 1. The molecular weight excluding hydrogens is 338 g/mol. The summed E-state index contributed by atoms with van der Waals surface area (Å²) < 4.78 is 11.1. The van der Waals surface area contributed by atoms with Crippen LogP contribution < -0.4 is 4.74 Å². The van der Waals surface area contributed by atoms with Crippen LogP contribution in [0.3, 0.4) is 0 Å². The Morgan fingerprint density at radius 2 is 1.63 bits per heavy atom. The number of nitrogens with zero attached hydrogens (tertiary/aromatic N) is 1. The van der Waals surface area contributed by atoms with Gasteiger partial charge in [-0.05, 0) is 43.9 Å². The number of carbonyl (C=O) groups is 1. The zero-order chi connectivity index (χ0) is 19.8. The zero-order valence-corrected chi connectivity index (χ0v) is 16.7. The van der Waals surface area contributed by atoms with Crippen molar-refractivity contribution in [3.63, 3.8) is 0 Å². The summed E-state index contributed by atoms with van der Waals surface area (Å²) in [5.41, 5.74) is 5.22. The van der Waals surface area contributed by atoms with Crippen LogP contribution in [0.4, 0.5) is 0 Å². The number of hydrogen-bond donors (Lipinski definition) is 0. The fraction of sp³-hybridized carbons (Fsp3) is 0.304. The van der Waals surface area contributed by atoms with Gasteiger partial charge in [0.1, 0.15) is 5.75 Å². The van der Waals surface area contributed by atoms with Crippen molar-refractivity contribution in [2.75, 3.05) is 0 Å². The van der Waals surface area contributed by atoms with Crippen LogP contribution in [0.5, 0.6) is 5.75 Å². The van der Waals surface area contributed by atoms with E-state index < -0.39 is 5.97 Å². The van der Waals surface area contributed by atoms with E-state index in [4.69, 9.17) is 9.26 Å². The lowest BCUT2D eigenvalue weighted by atomic mass is 9.85. The van der Waals surface area contributed by atoms with Crippen LogP contribution in [0, 0.1) is 20.8 Å². The Morgan fingerprint density at radius 3 is 2.33 bits per heavy atom. The second kappa shape index (κ2) is 7.03. The van der Waals surface area contributed by atoms with Gasteiger partial charge >= 0.3 is 5.97 Å². The predicted octanol–water partition coefficient (Wildman–Crippen LogP) is 5.78. The molecule has 4 heteroatoms. The zero-order valence-electron chi connectivity index (χ0n) is 16.7. The van der Waals surface area contributed by atoms with Crippen LogP contribution in [0.2, 0.25) is 0 Å². The molecule has 140 valence electrons. The van der Waals surface area contributed by atoms with Crippen molar-refractivity contribution in [2.45, 2.75) is 47.0 Å². The van der Waals surface area contributed by atoms with E-state index in [-0.39, 0.29) is 11.1 Å². The van der Waals surface area contributed by atoms with Gasteiger partial charge < -0.3 is 9.26 Å². The summed E-state index contributed by atoms with van der Waals surface area (Å²) in [7, 11) is 0. The van der Waals surface area contributed by atoms with Gasteiger partial charge in [-0.25, -0.2) is 4.79 Å². The Morgan fingerprint density at radius 1 is 0.963 bits per heavy atom. The van der Waals surface area contributed by atoms with Gasteiger partial charge in [-0.3, -0.25) is 0 Å². The second-order valence-corrected chi connectivity index (χ2v) is 8.03. The van der Waals surface area contributed by atoms with Crippen molar-refractivity contribution in [1.29, 1.82) is 0 Å². The molecule has 0 aliphatic rings. The minimum Gasteiger partial charge on any atom is -0.421 e. The molecule has 1 heterocycles. The molecule has 0 saturated heterocycles. The molecule has 0 fully saturated rings. The van der Waals surface area contributed by atoms with Crippen molar-refractivity contribution in [2.24, 2.45) is 0 Å². The standard InChI is InChI=1S/C23H25NO3/c1-14-7-9-16(3)17(11-14)21-13-19(24-27-21)22(25)26-20-10-8-15(2)12-18(20)23(4,5)6/h7-13H,1-6H3. The van der Waals surface area contributed by atoms with Crippen LogP contribution >= 0.6 is 0 Å². The van der Waals surface area contributed by atoms with Gasteiger partial charge in [0.2, 0.25) is 0 Å². The maximum absolute atomic E-state index is 12.6. The molecule has 0 aliphatic carbocycles. The average Bonchev–Trinajstić information content (AvgIpc) is 3.07. The van der Waals surface area contributed by atoms with E-state index in [1.165, 1.54) is 0 Å². The molecule has 0 N–H and O–H groups in total. The van der Waals surface area contributed by atoms with Gasteiger partial charge in [-0.2, -0.15) is 0 Å². The molecular formula is C23H25NO3. The van der Waals surface area contributed by atoms with E-state index in [0.717, 1.165) is 27.8 Å². The molecule has 1 aromatic heterocycles. The number of aryl methyl sites for hydroxylation is 3.